The molecule has 2 fully saturated rings. The molecule has 1 aromatic carbocycles. The van der Waals surface area contributed by atoms with Crippen molar-refractivity contribution >= 4 is 17.5 Å². The molecule has 2 heterocycles. The van der Waals surface area contributed by atoms with Crippen LogP contribution in [-0.2, 0) is 9.53 Å². The van der Waals surface area contributed by atoms with Gasteiger partial charge in [0, 0.05) is 11.6 Å². The summed E-state index contributed by atoms with van der Waals surface area (Å²) < 4.78 is 5.77. The van der Waals surface area contributed by atoms with E-state index in [4.69, 9.17) is 16.3 Å². The van der Waals surface area contributed by atoms with Gasteiger partial charge in [0.25, 0.3) is 0 Å². The highest BCUT2D eigenvalue weighted by Gasteiger charge is 2.44. The van der Waals surface area contributed by atoms with Gasteiger partial charge in [-0.15, -0.1) is 0 Å². The predicted octanol–water partition coefficient (Wildman–Crippen LogP) is 2.63. The van der Waals surface area contributed by atoms with E-state index in [1.807, 2.05) is 38.4 Å². The maximum absolute atomic E-state index is 12.4. The Hall–Kier alpha value is -1.10. The fraction of sp³-hybridized carbons (Fsp3) is 0.588. The lowest BCUT2D eigenvalue weighted by Crippen LogP contribution is -2.40. The van der Waals surface area contributed by atoms with Crippen molar-refractivity contribution in [3.05, 3.63) is 34.9 Å². The molecular formula is C17H23ClN2O2. The Bertz CT molecular complexity index is 532. The molecule has 4 atom stereocenters. The van der Waals surface area contributed by atoms with Crippen molar-refractivity contribution in [3.63, 3.8) is 0 Å². The molecule has 2 saturated heterocycles. The third-order valence-electron chi connectivity index (χ3n) is 4.79. The number of benzene rings is 1. The summed E-state index contributed by atoms with van der Waals surface area (Å²) in [6, 6.07) is 7.94. The first-order chi connectivity index (χ1) is 10.5. The SMILES string of the molecule is CN(C)[C@@H](CNC(=O)[C@H]1C[C@H]2CC[C@H]1O2)c1ccc(Cl)cc1. The van der Waals surface area contributed by atoms with E-state index in [0.717, 1.165) is 29.8 Å². The average molecular weight is 323 g/mol. The summed E-state index contributed by atoms with van der Waals surface area (Å²) in [6.45, 7) is 0.599. The molecule has 5 heteroatoms. The molecule has 2 aliphatic rings. The van der Waals surface area contributed by atoms with Crippen LogP contribution >= 0.6 is 11.6 Å². The van der Waals surface area contributed by atoms with E-state index in [0.29, 0.717) is 12.6 Å². The second-order valence-electron chi connectivity index (χ2n) is 6.49. The number of carbonyl (C=O) groups excluding carboxylic acids is 1. The summed E-state index contributed by atoms with van der Waals surface area (Å²) >= 11 is 5.95. The average Bonchev–Trinajstić information content (AvgIpc) is 3.11. The first-order valence-corrected chi connectivity index (χ1v) is 8.27. The van der Waals surface area contributed by atoms with Gasteiger partial charge in [-0.25, -0.2) is 0 Å². The summed E-state index contributed by atoms with van der Waals surface area (Å²) in [7, 11) is 4.04. The van der Waals surface area contributed by atoms with Crippen molar-refractivity contribution < 1.29 is 9.53 Å². The zero-order valence-corrected chi connectivity index (χ0v) is 13.8. The maximum atomic E-state index is 12.4. The van der Waals surface area contributed by atoms with Gasteiger partial charge in [-0.1, -0.05) is 23.7 Å². The second kappa shape index (κ2) is 6.57. The van der Waals surface area contributed by atoms with Crippen LogP contribution in [0.4, 0.5) is 0 Å². The molecular weight excluding hydrogens is 300 g/mol. The van der Waals surface area contributed by atoms with E-state index in [-0.39, 0.29) is 24.0 Å². The highest BCUT2D eigenvalue weighted by atomic mass is 35.5. The van der Waals surface area contributed by atoms with E-state index in [1.54, 1.807) is 0 Å². The van der Waals surface area contributed by atoms with Crippen molar-refractivity contribution in [2.45, 2.75) is 37.5 Å². The molecule has 3 rings (SSSR count). The Morgan fingerprint density at radius 1 is 1.36 bits per heavy atom. The molecule has 1 amide bonds. The zero-order chi connectivity index (χ0) is 15.7. The number of carbonyl (C=O) groups is 1. The van der Waals surface area contributed by atoms with Crippen molar-refractivity contribution in [2.24, 2.45) is 5.92 Å². The lowest BCUT2D eigenvalue weighted by Gasteiger charge is -2.26. The number of nitrogens with one attached hydrogen (secondary N) is 1. The molecule has 22 heavy (non-hydrogen) atoms. The van der Waals surface area contributed by atoms with Gasteiger partial charge in [-0.3, -0.25) is 4.79 Å². The Labute approximate surface area is 136 Å². The molecule has 0 radical (unpaired) electrons. The number of rotatable bonds is 5. The molecule has 1 aromatic rings. The van der Waals surface area contributed by atoms with Gasteiger partial charge in [-0.2, -0.15) is 0 Å². The molecule has 2 aliphatic heterocycles. The first kappa shape index (κ1) is 15.8. The van der Waals surface area contributed by atoms with Crippen LogP contribution in [0.3, 0.4) is 0 Å². The van der Waals surface area contributed by atoms with Crippen LogP contribution in [0.2, 0.25) is 5.02 Å². The number of halogens is 1. The Kier molecular flexibility index (Phi) is 4.71. The Morgan fingerprint density at radius 3 is 2.64 bits per heavy atom. The summed E-state index contributed by atoms with van der Waals surface area (Å²) in [5.74, 6) is 0.166. The van der Waals surface area contributed by atoms with E-state index >= 15 is 0 Å². The first-order valence-electron chi connectivity index (χ1n) is 7.89. The van der Waals surface area contributed by atoms with Crippen LogP contribution in [0.1, 0.15) is 30.9 Å². The minimum atomic E-state index is 0.0341. The van der Waals surface area contributed by atoms with Crippen LogP contribution in [0, 0.1) is 5.92 Å². The van der Waals surface area contributed by atoms with E-state index < -0.39 is 0 Å². The topological polar surface area (TPSA) is 41.6 Å². The Morgan fingerprint density at radius 2 is 2.09 bits per heavy atom. The Balaban J connectivity index is 1.60. The molecule has 2 bridgehead atoms. The monoisotopic (exact) mass is 322 g/mol. The van der Waals surface area contributed by atoms with Gasteiger partial charge in [0.15, 0.2) is 0 Å². The van der Waals surface area contributed by atoms with Crippen LogP contribution in [0.15, 0.2) is 24.3 Å². The number of nitrogens with zero attached hydrogens (tertiary/aromatic N) is 1. The van der Waals surface area contributed by atoms with Gasteiger partial charge in [0.2, 0.25) is 5.91 Å². The quantitative estimate of drug-likeness (QED) is 0.906. The van der Waals surface area contributed by atoms with E-state index in [2.05, 4.69) is 10.2 Å². The van der Waals surface area contributed by atoms with E-state index in [9.17, 15) is 4.79 Å². The van der Waals surface area contributed by atoms with Crippen molar-refractivity contribution in [1.82, 2.24) is 10.2 Å². The van der Waals surface area contributed by atoms with Crippen molar-refractivity contribution in [2.75, 3.05) is 20.6 Å². The molecule has 1 N–H and O–H groups in total. The minimum Gasteiger partial charge on any atom is -0.374 e. The fourth-order valence-electron chi connectivity index (χ4n) is 3.53. The smallest absolute Gasteiger partial charge is 0.225 e. The summed E-state index contributed by atoms with van der Waals surface area (Å²) in [6.07, 6.45) is 3.46. The van der Waals surface area contributed by atoms with Crippen LogP contribution in [0.25, 0.3) is 0 Å². The predicted molar refractivity (Wildman–Crippen MR) is 86.9 cm³/mol. The van der Waals surface area contributed by atoms with Gasteiger partial charge in [0.05, 0.1) is 24.2 Å². The molecule has 0 saturated carbocycles. The van der Waals surface area contributed by atoms with Crippen molar-refractivity contribution in [3.8, 4) is 0 Å². The number of fused-ring (bicyclic) bond motifs is 2. The summed E-state index contributed by atoms with van der Waals surface area (Å²) in [4.78, 5) is 14.5. The summed E-state index contributed by atoms with van der Waals surface area (Å²) in [5.41, 5.74) is 1.15. The number of amides is 1. The molecule has 0 aliphatic carbocycles. The molecule has 0 unspecified atom stereocenters. The highest BCUT2D eigenvalue weighted by molar-refractivity contribution is 6.30. The summed E-state index contributed by atoms with van der Waals surface area (Å²) in [5, 5.41) is 3.84. The van der Waals surface area contributed by atoms with Gasteiger partial charge in [0.1, 0.15) is 0 Å². The number of hydrogen-bond donors (Lipinski definition) is 1. The fourth-order valence-corrected chi connectivity index (χ4v) is 3.65. The third kappa shape index (κ3) is 3.29. The van der Waals surface area contributed by atoms with Crippen LogP contribution in [-0.4, -0.2) is 43.7 Å². The van der Waals surface area contributed by atoms with E-state index in [1.165, 1.54) is 0 Å². The largest absolute Gasteiger partial charge is 0.374 e. The van der Waals surface area contributed by atoms with Crippen LogP contribution in [0.5, 0.6) is 0 Å². The van der Waals surface area contributed by atoms with Crippen LogP contribution < -0.4 is 5.32 Å². The number of likely N-dealkylation sites (N-methyl/N-ethyl adjacent to an activating group) is 1. The normalized spacial score (nSPS) is 28.1. The molecule has 0 aromatic heterocycles. The lowest BCUT2D eigenvalue weighted by molar-refractivity contribution is -0.126. The minimum absolute atomic E-state index is 0.0341. The van der Waals surface area contributed by atoms with Gasteiger partial charge in [-0.05, 0) is 51.1 Å². The maximum Gasteiger partial charge on any atom is 0.225 e. The molecule has 4 nitrogen and oxygen atoms in total. The number of hydrogen-bond acceptors (Lipinski definition) is 3. The standard InChI is InChI=1S/C17H23ClN2O2/c1-20(2)15(11-3-5-12(18)6-4-11)10-19-17(21)14-9-13-7-8-16(14)22-13/h3-6,13-16H,7-10H2,1-2H3,(H,19,21)/t13-,14+,15+,16-/m1/s1. The zero-order valence-electron chi connectivity index (χ0n) is 13.1. The molecule has 120 valence electrons. The molecule has 0 spiro atoms. The second-order valence-corrected chi connectivity index (χ2v) is 6.93. The highest BCUT2D eigenvalue weighted by Crippen LogP contribution is 2.38. The van der Waals surface area contributed by atoms with Gasteiger partial charge < -0.3 is 15.0 Å². The third-order valence-corrected chi connectivity index (χ3v) is 5.04. The van der Waals surface area contributed by atoms with Gasteiger partial charge >= 0.3 is 0 Å². The van der Waals surface area contributed by atoms with Crippen molar-refractivity contribution in [1.29, 1.82) is 0 Å². The lowest BCUT2D eigenvalue weighted by atomic mass is 9.88. The number of ether oxygens (including phenoxy) is 1.